The van der Waals surface area contributed by atoms with Crippen molar-refractivity contribution in [2.24, 2.45) is 5.92 Å². The van der Waals surface area contributed by atoms with E-state index in [0.717, 1.165) is 11.6 Å². The van der Waals surface area contributed by atoms with Gasteiger partial charge in [0, 0.05) is 12.1 Å². The van der Waals surface area contributed by atoms with Crippen LogP contribution in [0.4, 0.5) is 5.69 Å². The van der Waals surface area contributed by atoms with Crippen LogP contribution in [-0.4, -0.2) is 15.8 Å². The number of hydrogen-bond donors (Lipinski definition) is 1. The van der Waals surface area contributed by atoms with Gasteiger partial charge in [0.2, 0.25) is 0 Å². The Bertz CT molecular complexity index is 420. The van der Waals surface area contributed by atoms with Crippen molar-refractivity contribution in [3.8, 4) is 0 Å². The van der Waals surface area contributed by atoms with Crippen LogP contribution >= 0.6 is 0 Å². The fourth-order valence-corrected chi connectivity index (χ4v) is 3.21. The van der Waals surface area contributed by atoms with Gasteiger partial charge in [-0.15, -0.1) is 0 Å². The molecule has 19 heavy (non-hydrogen) atoms. The molecule has 0 amide bonds. The first-order valence-electron chi connectivity index (χ1n) is 7.81. The van der Waals surface area contributed by atoms with Gasteiger partial charge in [0.25, 0.3) is 0 Å². The number of nitrogens with one attached hydrogen (secondary N) is 1. The molecule has 2 atom stereocenters. The minimum absolute atomic E-state index is 0.434. The highest BCUT2D eigenvalue weighted by molar-refractivity contribution is 5.52. The largest absolute Gasteiger partial charge is 0.379 e. The van der Waals surface area contributed by atoms with Crippen molar-refractivity contribution in [3.63, 3.8) is 0 Å². The molecule has 0 radical (unpaired) electrons. The third-order valence-electron chi connectivity index (χ3n) is 4.42. The molecule has 0 saturated heterocycles. The monoisotopic (exact) mass is 263 g/mol. The zero-order valence-electron chi connectivity index (χ0n) is 13.2. The summed E-state index contributed by atoms with van der Waals surface area (Å²) in [6, 6.07) is 1.07. The molecular weight excluding hydrogens is 234 g/mol. The maximum absolute atomic E-state index is 4.67. The van der Waals surface area contributed by atoms with Gasteiger partial charge in [-0.3, -0.25) is 4.68 Å². The highest BCUT2D eigenvalue weighted by Gasteiger charge is 2.19. The SMILES string of the molecule is Cc1nn(C(C)C)c(C)c1NC1CCCC(C)CC1. The first kappa shape index (κ1) is 14.4. The summed E-state index contributed by atoms with van der Waals surface area (Å²) >= 11 is 0. The lowest BCUT2D eigenvalue weighted by Crippen LogP contribution is -2.19. The topological polar surface area (TPSA) is 29.9 Å². The molecule has 0 spiro atoms. The quantitative estimate of drug-likeness (QED) is 0.816. The van der Waals surface area contributed by atoms with Crippen molar-refractivity contribution in [3.05, 3.63) is 11.4 Å². The number of nitrogens with zero attached hydrogens (tertiary/aromatic N) is 2. The van der Waals surface area contributed by atoms with Gasteiger partial charge < -0.3 is 5.32 Å². The van der Waals surface area contributed by atoms with Gasteiger partial charge in [-0.2, -0.15) is 5.10 Å². The third-order valence-corrected chi connectivity index (χ3v) is 4.42. The Labute approximate surface area is 117 Å². The van der Waals surface area contributed by atoms with Crippen LogP contribution in [0, 0.1) is 19.8 Å². The van der Waals surface area contributed by atoms with E-state index >= 15 is 0 Å². The lowest BCUT2D eigenvalue weighted by atomic mass is 10.0. The second-order valence-corrected chi connectivity index (χ2v) is 6.54. The van der Waals surface area contributed by atoms with Crippen molar-refractivity contribution >= 4 is 5.69 Å². The summed E-state index contributed by atoms with van der Waals surface area (Å²) in [4.78, 5) is 0. The van der Waals surface area contributed by atoms with Crippen LogP contribution in [0.1, 0.15) is 70.3 Å². The van der Waals surface area contributed by atoms with E-state index in [1.807, 2.05) is 0 Å². The molecule has 1 aliphatic rings. The highest BCUT2D eigenvalue weighted by atomic mass is 15.3. The molecule has 2 unspecified atom stereocenters. The van der Waals surface area contributed by atoms with Crippen molar-refractivity contribution in [1.29, 1.82) is 0 Å². The normalized spacial score (nSPS) is 24.5. The summed E-state index contributed by atoms with van der Waals surface area (Å²) < 4.78 is 2.14. The van der Waals surface area contributed by atoms with Gasteiger partial charge in [-0.05, 0) is 52.9 Å². The minimum atomic E-state index is 0.434. The Morgan fingerprint density at radius 3 is 2.53 bits per heavy atom. The van der Waals surface area contributed by atoms with Crippen LogP contribution in [0.25, 0.3) is 0 Å². The van der Waals surface area contributed by atoms with Gasteiger partial charge in [-0.25, -0.2) is 0 Å². The predicted octanol–water partition coefficient (Wildman–Crippen LogP) is 4.46. The standard InChI is InChI=1S/C16H29N3/c1-11(2)19-14(5)16(13(4)18-19)17-15-8-6-7-12(3)9-10-15/h11-12,15,17H,6-10H2,1-5H3. The van der Waals surface area contributed by atoms with Crippen LogP contribution in [0.5, 0.6) is 0 Å². The van der Waals surface area contributed by atoms with Gasteiger partial charge >= 0.3 is 0 Å². The number of hydrogen-bond acceptors (Lipinski definition) is 2. The zero-order chi connectivity index (χ0) is 14.0. The molecule has 2 rings (SSSR count). The Morgan fingerprint density at radius 2 is 1.89 bits per heavy atom. The predicted molar refractivity (Wildman–Crippen MR) is 81.7 cm³/mol. The van der Waals surface area contributed by atoms with Crippen molar-refractivity contribution in [2.45, 2.75) is 78.8 Å². The number of aromatic nitrogens is 2. The average molecular weight is 263 g/mol. The molecular formula is C16H29N3. The maximum Gasteiger partial charge on any atom is 0.0828 e. The van der Waals surface area contributed by atoms with Crippen LogP contribution < -0.4 is 5.32 Å². The molecule has 1 aromatic rings. The van der Waals surface area contributed by atoms with Crippen LogP contribution in [0.15, 0.2) is 0 Å². The minimum Gasteiger partial charge on any atom is -0.379 e. The van der Waals surface area contributed by atoms with E-state index in [2.05, 4.69) is 49.7 Å². The summed E-state index contributed by atoms with van der Waals surface area (Å²) in [5, 5.41) is 8.44. The number of anilines is 1. The summed E-state index contributed by atoms with van der Waals surface area (Å²) in [6.45, 7) is 11.1. The van der Waals surface area contributed by atoms with E-state index < -0.39 is 0 Å². The van der Waals surface area contributed by atoms with Crippen molar-refractivity contribution in [2.75, 3.05) is 5.32 Å². The zero-order valence-corrected chi connectivity index (χ0v) is 13.2. The highest BCUT2D eigenvalue weighted by Crippen LogP contribution is 2.28. The second-order valence-electron chi connectivity index (χ2n) is 6.54. The Kier molecular flexibility index (Phi) is 4.54. The van der Waals surface area contributed by atoms with Crippen molar-refractivity contribution in [1.82, 2.24) is 9.78 Å². The molecule has 1 saturated carbocycles. The van der Waals surface area contributed by atoms with Gasteiger partial charge in [0.05, 0.1) is 17.1 Å². The van der Waals surface area contributed by atoms with Gasteiger partial charge in [-0.1, -0.05) is 19.8 Å². The molecule has 3 nitrogen and oxygen atoms in total. The molecule has 1 aromatic heterocycles. The molecule has 108 valence electrons. The Morgan fingerprint density at radius 1 is 1.16 bits per heavy atom. The molecule has 1 fully saturated rings. The lowest BCUT2D eigenvalue weighted by Gasteiger charge is -2.18. The van der Waals surface area contributed by atoms with Crippen molar-refractivity contribution < 1.29 is 0 Å². The van der Waals surface area contributed by atoms with E-state index in [4.69, 9.17) is 0 Å². The summed E-state index contributed by atoms with van der Waals surface area (Å²) in [7, 11) is 0. The number of aryl methyl sites for hydroxylation is 1. The second kappa shape index (κ2) is 5.98. The molecule has 3 heteroatoms. The molecule has 1 aliphatic carbocycles. The summed E-state index contributed by atoms with van der Waals surface area (Å²) in [5.74, 6) is 0.896. The maximum atomic E-state index is 4.67. The molecule has 0 bridgehead atoms. The van der Waals surface area contributed by atoms with Crippen LogP contribution in [0.2, 0.25) is 0 Å². The van der Waals surface area contributed by atoms with Crippen LogP contribution in [-0.2, 0) is 0 Å². The smallest absolute Gasteiger partial charge is 0.0828 e. The summed E-state index contributed by atoms with van der Waals surface area (Å²) in [6.07, 6.45) is 6.70. The van der Waals surface area contributed by atoms with E-state index in [9.17, 15) is 0 Å². The Hall–Kier alpha value is -0.990. The molecule has 0 aliphatic heterocycles. The van der Waals surface area contributed by atoms with E-state index in [1.54, 1.807) is 0 Å². The van der Waals surface area contributed by atoms with Crippen LogP contribution in [0.3, 0.4) is 0 Å². The Balaban J connectivity index is 2.10. The molecule has 1 heterocycles. The third kappa shape index (κ3) is 3.31. The fraction of sp³-hybridized carbons (Fsp3) is 0.812. The first-order chi connectivity index (χ1) is 8.99. The van der Waals surface area contributed by atoms with Gasteiger partial charge in [0.1, 0.15) is 0 Å². The van der Waals surface area contributed by atoms with E-state index in [1.165, 1.54) is 43.5 Å². The lowest BCUT2D eigenvalue weighted by molar-refractivity contribution is 0.501. The first-order valence-corrected chi connectivity index (χ1v) is 7.81. The number of rotatable bonds is 3. The summed E-state index contributed by atoms with van der Waals surface area (Å²) in [5.41, 5.74) is 3.70. The van der Waals surface area contributed by atoms with Gasteiger partial charge in [0.15, 0.2) is 0 Å². The molecule has 0 aromatic carbocycles. The fourth-order valence-electron chi connectivity index (χ4n) is 3.21. The van der Waals surface area contributed by atoms with E-state index in [0.29, 0.717) is 12.1 Å². The molecule has 1 N–H and O–H groups in total. The van der Waals surface area contributed by atoms with E-state index in [-0.39, 0.29) is 0 Å². The average Bonchev–Trinajstić information content (AvgIpc) is 2.52.